The number of hydrogen-bond acceptors (Lipinski definition) is 2. The van der Waals surface area contributed by atoms with Gasteiger partial charge in [-0.1, -0.05) is 31.2 Å². The van der Waals surface area contributed by atoms with Crippen LogP contribution in [0.1, 0.15) is 34.0 Å². The summed E-state index contributed by atoms with van der Waals surface area (Å²) in [6.45, 7) is 6.28. The lowest BCUT2D eigenvalue weighted by Gasteiger charge is -2.04. The largest absolute Gasteiger partial charge is 0.289 e. The summed E-state index contributed by atoms with van der Waals surface area (Å²) < 4.78 is 0. The van der Waals surface area contributed by atoms with Crippen molar-refractivity contribution < 1.29 is 4.79 Å². The third-order valence-corrected chi connectivity index (χ3v) is 4.40. The number of ketones is 1. The van der Waals surface area contributed by atoms with Gasteiger partial charge in [-0.15, -0.1) is 11.8 Å². The SMILES string of the molecule is CCSc1ccc(C(=O)/C=C/c2cccc(C)c2C)cc1. The summed E-state index contributed by atoms with van der Waals surface area (Å²) in [4.78, 5) is 13.4. The molecule has 0 fully saturated rings. The lowest BCUT2D eigenvalue weighted by molar-refractivity contribution is 0.104. The Labute approximate surface area is 131 Å². The molecule has 108 valence electrons. The first-order valence-electron chi connectivity index (χ1n) is 7.13. The van der Waals surface area contributed by atoms with E-state index in [0.29, 0.717) is 0 Å². The molecule has 0 saturated carbocycles. The van der Waals surface area contributed by atoms with Gasteiger partial charge in [0.15, 0.2) is 5.78 Å². The fourth-order valence-electron chi connectivity index (χ4n) is 2.10. The number of hydrogen-bond donors (Lipinski definition) is 0. The minimum atomic E-state index is 0.0453. The van der Waals surface area contributed by atoms with Crippen LogP contribution in [0, 0.1) is 13.8 Å². The molecule has 21 heavy (non-hydrogen) atoms. The number of thioether (sulfide) groups is 1. The molecule has 2 heteroatoms. The Balaban J connectivity index is 2.13. The van der Waals surface area contributed by atoms with Crippen molar-refractivity contribution in [3.05, 3.63) is 70.8 Å². The first kappa shape index (κ1) is 15.6. The monoisotopic (exact) mass is 296 g/mol. The second kappa shape index (κ2) is 7.28. The second-order valence-electron chi connectivity index (χ2n) is 4.94. The van der Waals surface area contributed by atoms with Gasteiger partial charge >= 0.3 is 0 Å². The number of aryl methyl sites for hydroxylation is 1. The summed E-state index contributed by atoms with van der Waals surface area (Å²) >= 11 is 1.78. The van der Waals surface area contributed by atoms with Gasteiger partial charge in [0, 0.05) is 10.5 Å². The molecule has 0 N–H and O–H groups in total. The van der Waals surface area contributed by atoms with Crippen LogP contribution >= 0.6 is 11.8 Å². The van der Waals surface area contributed by atoms with E-state index in [1.165, 1.54) is 16.0 Å². The number of carbonyl (C=O) groups excluding carboxylic acids is 1. The number of allylic oxidation sites excluding steroid dienone is 1. The highest BCUT2D eigenvalue weighted by molar-refractivity contribution is 7.99. The van der Waals surface area contributed by atoms with Crippen molar-refractivity contribution in [1.82, 2.24) is 0 Å². The average molecular weight is 296 g/mol. The van der Waals surface area contributed by atoms with E-state index in [1.54, 1.807) is 17.8 Å². The van der Waals surface area contributed by atoms with E-state index in [9.17, 15) is 4.79 Å². The molecular weight excluding hydrogens is 276 g/mol. The van der Waals surface area contributed by atoms with E-state index in [1.807, 2.05) is 42.5 Å². The third kappa shape index (κ3) is 4.08. The number of benzene rings is 2. The minimum absolute atomic E-state index is 0.0453. The minimum Gasteiger partial charge on any atom is -0.289 e. The van der Waals surface area contributed by atoms with Gasteiger partial charge in [0.1, 0.15) is 0 Å². The van der Waals surface area contributed by atoms with Crippen LogP contribution in [0.3, 0.4) is 0 Å². The molecule has 0 amide bonds. The Hall–Kier alpha value is -1.80. The lowest BCUT2D eigenvalue weighted by Crippen LogP contribution is -1.94. The molecule has 0 spiro atoms. The zero-order valence-corrected chi connectivity index (χ0v) is 13.5. The molecule has 2 aromatic rings. The van der Waals surface area contributed by atoms with Gasteiger partial charge < -0.3 is 0 Å². The molecule has 0 atom stereocenters. The zero-order valence-electron chi connectivity index (χ0n) is 12.7. The first-order valence-corrected chi connectivity index (χ1v) is 8.12. The summed E-state index contributed by atoms with van der Waals surface area (Å²) in [5.74, 6) is 1.09. The maximum Gasteiger partial charge on any atom is 0.185 e. The lowest BCUT2D eigenvalue weighted by atomic mass is 10.0. The van der Waals surface area contributed by atoms with Crippen LogP contribution in [0.2, 0.25) is 0 Å². The molecule has 0 aliphatic carbocycles. The Morgan fingerprint density at radius 2 is 1.81 bits per heavy atom. The van der Waals surface area contributed by atoms with Crippen LogP contribution in [0.4, 0.5) is 0 Å². The van der Waals surface area contributed by atoms with Crippen LogP contribution in [0.5, 0.6) is 0 Å². The van der Waals surface area contributed by atoms with Gasteiger partial charge in [0.2, 0.25) is 0 Å². The van der Waals surface area contributed by atoms with Crippen molar-refractivity contribution in [2.75, 3.05) is 5.75 Å². The molecule has 0 aliphatic rings. The fraction of sp³-hybridized carbons (Fsp3) is 0.211. The summed E-state index contributed by atoms with van der Waals surface area (Å²) in [6.07, 6.45) is 3.56. The Morgan fingerprint density at radius 3 is 2.48 bits per heavy atom. The van der Waals surface area contributed by atoms with Gasteiger partial charge in [-0.05, 0) is 66.6 Å². The van der Waals surface area contributed by atoms with Crippen molar-refractivity contribution >= 4 is 23.6 Å². The number of rotatable bonds is 5. The van der Waals surface area contributed by atoms with Crippen molar-refractivity contribution in [2.24, 2.45) is 0 Å². The molecule has 0 saturated heterocycles. The van der Waals surface area contributed by atoms with Crippen molar-refractivity contribution in [3.8, 4) is 0 Å². The van der Waals surface area contributed by atoms with Crippen molar-refractivity contribution in [3.63, 3.8) is 0 Å². The molecule has 0 bridgehead atoms. The Morgan fingerprint density at radius 1 is 1.10 bits per heavy atom. The molecule has 0 aliphatic heterocycles. The van der Waals surface area contributed by atoms with Crippen LogP contribution in [0.25, 0.3) is 6.08 Å². The highest BCUT2D eigenvalue weighted by Gasteiger charge is 2.03. The highest BCUT2D eigenvalue weighted by atomic mass is 32.2. The predicted octanol–water partition coefficient (Wildman–Crippen LogP) is 5.31. The molecule has 1 nitrogen and oxygen atoms in total. The normalized spacial score (nSPS) is 11.0. The predicted molar refractivity (Wildman–Crippen MR) is 92.1 cm³/mol. The molecule has 0 heterocycles. The van der Waals surface area contributed by atoms with E-state index in [4.69, 9.17) is 0 Å². The number of carbonyl (C=O) groups is 1. The van der Waals surface area contributed by atoms with E-state index in [2.05, 4.69) is 26.8 Å². The van der Waals surface area contributed by atoms with Gasteiger partial charge in [-0.2, -0.15) is 0 Å². The molecule has 0 radical (unpaired) electrons. The molecule has 0 aromatic heterocycles. The van der Waals surface area contributed by atoms with Gasteiger partial charge in [-0.25, -0.2) is 0 Å². The third-order valence-electron chi connectivity index (χ3n) is 3.51. The highest BCUT2D eigenvalue weighted by Crippen LogP contribution is 2.19. The summed E-state index contributed by atoms with van der Waals surface area (Å²) in [5, 5.41) is 0. The van der Waals surface area contributed by atoms with Gasteiger partial charge in [0.25, 0.3) is 0 Å². The van der Waals surface area contributed by atoms with E-state index >= 15 is 0 Å². The smallest absolute Gasteiger partial charge is 0.185 e. The summed E-state index contributed by atoms with van der Waals surface area (Å²) in [5.41, 5.74) is 4.29. The van der Waals surface area contributed by atoms with Crippen molar-refractivity contribution in [2.45, 2.75) is 25.7 Å². The Bertz CT molecular complexity index is 654. The second-order valence-corrected chi connectivity index (χ2v) is 6.28. The Kier molecular flexibility index (Phi) is 5.40. The van der Waals surface area contributed by atoms with E-state index in [0.717, 1.165) is 16.9 Å². The zero-order chi connectivity index (χ0) is 15.2. The van der Waals surface area contributed by atoms with Crippen molar-refractivity contribution in [1.29, 1.82) is 0 Å². The standard InChI is InChI=1S/C19H20OS/c1-4-21-18-11-8-17(9-12-18)19(20)13-10-16-7-5-6-14(2)15(16)3/h5-13H,4H2,1-3H3/b13-10+. The van der Waals surface area contributed by atoms with Gasteiger partial charge in [-0.3, -0.25) is 4.79 Å². The van der Waals surface area contributed by atoms with Crippen LogP contribution in [0.15, 0.2) is 53.4 Å². The summed E-state index contributed by atoms with van der Waals surface area (Å²) in [6, 6.07) is 13.9. The maximum absolute atomic E-state index is 12.2. The molecule has 2 aromatic carbocycles. The average Bonchev–Trinajstić information content (AvgIpc) is 2.49. The van der Waals surface area contributed by atoms with Gasteiger partial charge in [0.05, 0.1) is 0 Å². The summed E-state index contributed by atoms with van der Waals surface area (Å²) in [7, 11) is 0. The van der Waals surface area contributed by atoms with Crippen LogP contribution in [-0.2, 0) is 0 Å². The molecule has 0 unspecified atom stereocenters. The van der Waals surface area contributed by atoms with Crippen LogP contribution in [-0.4, -0.2) is 11.5 Å². The van der Waals surface area contributed by atoms with E-state index < -0.39 is 0 Å². The molecular formula is C19H20OS. The van der Waals surface area contributed by atoms with E-state index in [-0.39, 0.29) is 5.78 Å². The first-order chi connectivity index (χ1) is 10.1. The maximum atomic E-state index is 12.2. The molecule has 2 rings (SSSR count). The fourth-order valence-corrected chi connectivity index (χ4v) is 2.76. The van der Waals surface area contributed by atoms with Crippen LogP contribution < -0.4 is 0 Å². The topological polar surface area (TPSA) is 17.1 Å². The quantitative estimate of drug-likeness (QED) is 0.422.